The summed E-state index contributed by atoms with van der Waals surface area (Å²) in [4.78, 5) is 11.5. The molecule has 0 saturated heterocycles. The van der Waals surface area contributed by atoms with E-state index in [1.165, 1.54) is 0 Å². The maximum absolute atomic E-state index is 11.5. The summed E-state index contributed by atoms with van der Waals surface area (Å²) < 4.78 is 1.05. The zero-order valence-corrected chi connectivity index (χ0v) is 11.9. The fourth-order valence-corrected chi connectivity index (χ4v) is 2.07. The Balaban J connectivity index is 2.49. The van der Waals surface area contributed by atoms with Crippen molar-refractivity contribution in [2.24, 2.45) is 0 Å². The Bertz CT molecular complexity index is 371. The van der Waals surface area contributed by atoms with Gasteiger partial charge in [-0.1, -0.05) is 18.5 Å². The van der Waals surface area contributed by atoms with Crippen molar-refractivity contribution in [3.8, 4) is 0 Å². The Hall–Kier alpha value is -0.330. The summed E-state index contributed by atoms with van der Waals surface area (Å²) in [7, 11) is 0. The summed E-state index contributed by atoms with van der Waals surface area (Å²) >= 11 is 8.17. The molecule has 16 heavy (non-hydrogen) atoms. The van der Waals surface area contributed by atoms with Gasteiger partial charge in [-0.05, 0) is 53.8 Å². The van der Waals surface area contributed by atoms with Crippen LogP contribution in [0.3, 0.4) is 0 Å². The summed E-state index contributed by atoms with van der Waals surface area (Å²) in [5.41, 5.74) is 0.658. The van der Waals surface area contributed by atoms with Gasteiger partial charge in [0.05, 0.1) is 17.3 Å². The summed E-state index contributed by atoms with van der Waals surface area (Å²) in [6.45, 7) is 3.21. The van der Waals surface area contributed by atoms with Crippen LogP contribution in [0.4, 0.5) is 5.69 Å². The fourth-order valence-electron chi connectivity index (χ4n) is 1.16. The number of benzene rings is 1. The third-order valence-electron chi connectivity index (χ3n) is 1.92. The first kappa shape index (κ1) is 13.7. The van der Waals surface area contributed by atoms with Gasteiger partial charge in [0.25, 0.3) is 0 Å². The highest BCUT2D eigenvalue weighted by atomic mass is 127. The standard InChI is InChI=1S/C11H14ClIN2O/c1-2-5-14-7-11(16)15-10-4-3-8(13)6-9(10)12/h3-4,6,14H,2,5,7H2,1H3,(H,15,16). The van der Waals surface area contributed by atoms with E-state index in [4.69, 9.17) is 11.6 Å². The van der Waals surface area contributed by atoms with Crippen molar-refractivity contribution in [3.05, 3.63) is 26.8 Å². The molecule has 3 nitrogen and oxygen atoms in total. The molecule has 1 aromatic carbocycles. The normalized spacial score (nSPS) is 10.2. The Morgan fingerprint density at radius 3 is 2.88 bits per heavy atom. The molecule has 0 aromatic heterocycles. The second-order valence-corrected chi connectivity index (χ2v) is 5.00. The van der Waals surface area contributed by atoms with Crippen molar-refractivity contribution >= 4 is 45.8 Å². The van der Waals surface area contributed by atoms with E-state index in [0.29, 0.717) is 17.3 Å². The van der Waals surface area contributed by atoms with Crippen molar-refractivity contribution in [1.82, 2.24) is 5.32 Å². The second-order valence-electron chi connectivity index (χ2n) is 3.35. The van der Waals surface area contributed by atoms with E-state index in [0.717, 1.165) is 16.5 Å². The lowest BCUT2D eigenvalue weighted by Crippen LogP contribution is -2.28. The zero-order valence-electron chi connectivity index (χ0n) is 9.02. The zero-order chi connectivity index (χ0) is 12.0. The quantitative estimate of drug-likeness (QED) is 0.632. The Morgan fingerprint density at radius 1 is 1.50 bits per heavy atom. The number of carbonyl (C=O) groups is 1. The van der Waals surface area contributed by atoms with Gasteiger partial charge in [0, 0.05) is 3.57 Å². The molecular formula is C11H14ClIN2O. The van der Waals surface area contributed by atoms with E-state index in [2.05, 4.69) is 40.1 Å². The minimum atomic E-state index is -0.0726. The number of carbonyl (C=O) groups excluding carboxylic acids is 1. The van der Waals surface area contributed by atoms with Crippen molar-refractivity contribution < 1.29 is 4.79 Å². The van der Waals surface area contributed by atoms with E-state index in [1.54, 1.807) is 0 Å². The molecule has 0 aliphatic heterocycles. The lowest BCUT2D eigenvalue weighted by Gasteiger charge is -2.08. The minimum Gasteiger partial charge on any atom is -0.324 e. The van der Waals surface area contributed by atoms with Gasteiger partial charge in [-0.15, -0.1) is 0 Å². The van der Waals surface area contributed by atoms with Gasteiger partial charge in [-0.2, -0.15) is 0 Å². The largest absolute Gasteiger partial charge is 0.324 e. The first-order valence-corrected chi connectivity index (χ1v) is 6.54. The molecule has 0 atom stereocenters. The number of anilines is 1. The highest BCUT2D eigenvalue weighted by Crippen LogP contribution is 2.23. The van der Waals surface area contributed by atoms with Gasteiger partial charge in [-0.25, -0.2) is 0 Å². The van der Waals surface area contributed by atoms with Gasteiger partial charge in [0.2, 0.25) is 5.91 Å². The molecule has 1 aromatic rings. The molecule has 88 valence electrons. The van der Waals surface area contributed by atoms with Crippen LogP contribution in [0.2, 0.25) is 5.02 Å². The predicted molar refractivity (Wildman–Crippen MR) is 76.0 cm³/mol. The van der Waals surface area contributed by atoms with E-state index in [-0.39, 0.29) is 5.91 Å². The summed E-state index contributed by atoms with van der Waals surface area (Å²) in [5, 5.41) is 6.35. The molecular weight excluding hydrogens is 338 g/mol. The molecule has 0 heterocycles. The summed E-state index contributed by atoms with van der Waals surface area (Å²) in [6, 6.07) is 5.53. The monoisotopic (exact) mass is 352 g/mol. The smallest absolute Gasteiger partial charge is 0.238 e. The molecule has 0 bridgehead atoms. The number of rotatable bonds is 5. The number of hydrogen-bond acceptors (Lipinski definition) is 2. The van der Waals surface area contributed by atoms with Crippen LogP contribution in [0.25, 0.3) is 0 Å². The second kappa shape index (κ2) is 7.09. The lowest BCUT2D eigenvalue weighted by atomic mass is 10.3. The molecule has 0 aliphatic carbocycles. The number of halogens is 2. The van der Waals surface area contributed by atoms with Crippen LogP contribution in [0.15, 0.2) is 18.2 Å². The summed E-state index contributed by atoms with van der Waals surface area (Å²) in [5.74, 6) is -0.0726. The maximum atomic E-state index is 11.5. The van der Waals surface area contributed by atoms with Gasteiger partial charge < -0.3 is 10.6 Å². The van der Waals surface area contributed by atoms with E-state index < -0.39 is 0 Å². The molecule has 2 N–H and O–H groups in total. The highest BCUT2D eigenvalue weighted by Gasteiger charge is 2.05. The Kier molecular flexibility index (Phi) is 6.08. The third kappa shape index (κ3) is 4.67. The third-order valence-corrected chi connectivity index (χ3v) is 2.90. The van der Waals surface area contributed by atoms with Crippen LogP contribution in [0.1, 0.15) is 13.3 Å². The van der Waals surface area contributed by atoms with Gasteiger partial charge in [0.1, 0.15) is 0 Å². The number of amides is 1. The van der Waals surface area contributed by atoms with Crippen LogP contribution in [0.5, 0.6) is 0 Å². The molecule has 0 unspecified atom stereocenters. The maximum Gasteiger partial charge on any atom is 0.238 e. The molecule has 5 heteroatoms. The van der Waals surface area contributed by atoms with Crippen molar-refractivity contribution in [3.63, 3.8) is 0 Å². The number of hydrogen-bond donors (Lipinski definition) is 2. The molecule has 1 amide bonds. The Labute approximate surface area is 114 Å². The average Bonchev–Trinajstić information content (AvgIpc) is 2.23. The molecule has 1 rings (SSSR count). The van der Waals surface area contributed by atoms with Crippen molar-refractivity contribution in [2.75, 3.05) is 18.4 Å². The van der Waals surface area contributed by atoms with Crippen LogP contribution in [-0.4, -0.2) is 19.0 Å². The van der Waals surface area contributed by atoms with Crippen LogP contribution >= 0.6 is 34.2 Å². The topological polar surface area (TPSA) is 41.1 Å². The first-order chi connectivity index (χ1) is 7.63. The highest BCUT2D eigenvalue weighted by molar-refractivity contribution is 14.1. The molecule has 0 radical (unpaired) electrons. The Morgan fingerprint density at radius 2 is 2.25 bits per heavy atom. The SMILES string of the molecule is CCCNCC(=O)Nc1ccc(I)cc1Cl. The summed E-state index contributed by atoms with van der Waals surface area (Å²) in [6.07, 6.45) is 1.01. The van der Waals surface area contributed by atoms with Gasteiger partial charge >= 0.3 is 0 Å². The molecule has 0 saturated carbocycles. The van der Waals surface area contributed by atoms with E-state index >= 15 is 0 Å². The van der Waals surface area contributed by atoms with Crippen LogP contribution in [0, 0.1) is 3.57 Å². The fraction of sp³-hybridized carbons (Fsp3) is 0.364. The van der Waals surface area contributed by atoms with Gasteiger partial charge in [-0.3, -0.25) is 4.79 Å². The van der Waals surface area contributed by atoms with Crippen LogP contribution in [-0.2, 0) is 4.79 Å². The van der Waals surface area contributed by atoms with E-state index in [1.807, 2.05) is 18.2 Å². The van der Waals surface area contributed by atoms with E-state index in [9.17, 15) is 4.79 Å². The predicted octanol–water partition coefficient (Wildman–Crippen LogP) is 2.88. The van der Waals surface area contributed by atoms with Gasteiger partial charge in [0.15, 0.2) is 0 Å². The average molecular weight is 353 g/mol. The first-order valence-electron chi connectivity index (χ1n) is 5.09. The van der Waals surface area contributed by atoms with Crippen molar-refractivity contribution in [2.45, 2.75) is 13.3 Å². The van der Waals surface area contributed by atoms with Crippen molar-refractivity contribution in [1.29, 1.82) is 0 Å². The lowest BCUT2D eigenvalue weighted by molar-refractivity contribution is -0.115. The minimum absolute atomic E-state index is 0.0726. The number of nitrogens with one attached hydrogen (secondary N) is 2. The molecule has 0 fully saturated rings. The molecule has 0 spiro atoms. The molecule has 0 aliphatic rings. The van der Waals surface area contributed by atoms with Crippen LogP contribution < -0.4 is 10.6 Å².